The second-order valence-electron chi connectivity index (χ2n) is 5.70. The van der Waals surface area contributed by atoms with Crippen LogP contribution in [0, 0.1) is 5.92 Å². The normalized spacial score (nSPS) is 11.7. The second-order valence-corrected chi connectivity index (χ2v) is 5.70. The first-order valence-electron chi connectivity index (χ1n) is 7.71. The Hall–Kier alpha value is -2.24. The van der Waals surface area contributed by atoms with Crippen molar-refractivity contribution in [3.63, 3.8) is 0 Å². The third kappa shape index (κ3) is 7.04. The molecule has 0 fully saturated rings. The number of amides is 2. The van der Waals surface area contributed by atoms with Gasteiger partial charge < -0.3 is 20.1 Å². The highest BCUT2D eigenvalue weighted by Gasteiger charge is 2.22. The predicted octanol–water partition coefficient (Wildman–Crippen LogP) is 2.12. The van der Waals surface area contributed by atoms with Gasteiger partial charge in [0.2, 0.25) is 0 Å². The van der Waals surface area contributed by atoms with E-state index in [0.717, 1.165) is 11.3 Å². The van der Waals surface area contributed by atoms with Gasteiger partial charge in [0.1, 0.15) is 11.8 Å². The van der Waals surface area contributed by atoms with Gasteiger partial charge in [0.05, 0.1) is 14.2 Å². The van der Waals surface area contributed by atoms with Crippen LogP contribution in [0.5, 0.6) is 5.75 Å². The van der Waals surface area contributed by atoms with Gasteiger partial charge in [-0.1, -0.05) is 26.0 Å². The summed E-state index contributed by atoms with van der Waals surface area (Å²) < 4.78 is 9.81. The number of hydrogen-bond donors (Lipinski definition) is 2. The summed E-state index contributed by atoms with van der Waals surface area (Å²) in [6.07, 6.45) is 1.24. The van der Waals surface area contributed by atoms with E-state index in [2.05, 4.69) is 10.6 Å². The van der Waals surface area contributed by atoms with Gasteiger partial charge in [0.25, 0.3) is 0 Å². The molecule has 128 valence electrons. The Balaban J connectivity index is 2.40. The van der Waals surface area contributed by atoms with Crippen molar-refractivity contribution in [2.24, 2.45) is 5.92 Å². The lowest BCUT2D eigenvalue weighted by Crippen LogP contribution is -2.47. The van der Waals surface area contributed by atoms with Crippen LogP contribution in [0.2, 0.25) is 0 Å². The van der Waals surface area contributed by atoms with E-state index in [1.807, 2.05) is 38.1 Å². The van der Waals surface area contributed by atoms with Crippen LogP contribution in [0.1, 0.15) is 25.8 Å². The van der Waals surface area contributed by atoms with Crippen molar-refractivity contribution in [3.8, 4) is 5.75 Å². The maximum absolute atomic E-state index is 11.9. The molecule has 0 bridgehead atoms. The highest BCUT2D eigenvalue weighted by atomic mass is 16.5. The van der Waals surface area contributed by atoms with Crippen molar-refractivity contribution in [2.75, 3.05) is 20.8 Å². The Morgan fingerprint density at radius 3 is 2.30 bits per heavy atom. The van der Waals surface area contributed by atoms with Crippen LogP contribution < -0.4 is 15.4 Å². The average Bonchev–Trinajstić information content (AvgIpc) is 2.53. The molecule has 0 aliphatic carbocycles. The number of urea groups is 1. The van der Waals surface area contributed by atoms with E-state index in [1.165, 1.54) is 7.11 Å². The SMILES string of the molecule is COC(=O)C(CC(C)C)NC(=O)NCCc1ccc(OC)cc1. The predicted molar refractivity (Wildman–Crippen MR) is 88.5 cm³/mol. The van der Waals surface area contributed by atoms with Crippen molar-refractivity contribution in [1.82, 2.24) is 10.6 Å². The second kappa shape index (κ2) is 9.71. The van der Waals surface area contributed by atoms with Gasteiger partial charge >= 0.3 is 12.0 Å². The number of benzene rings is 1. The molecule has 0 saturated heterocycles. The molecule has 1 rings (SSSR count). The monoisotopic (exact) mass is 322 g/mol. The minimum atomic E-state index is -0.624. The molecule has 0 aliphatic rings. The Morgan fingerprint density at radius 2 is 1.78 bits per heavy atom. The molecule has 0 radical (unpaired) electrons. The number of rotatable bonds is 8. The van der Waals surface area contributed by atoms with Crippen molar-refractivity contribution >= 4 is 12.0 Å². The highest BCUT2D eigenvalue weighted by molar-refractivity contribution is 5.83. The van der Waals surface area contributed by atoms with Crippen LogP contribution in [-0.4, -0.2) is 38.8 Å². The van der Waals surface area contributed by atoms with E-state index in [9.17, 15) is 9.59 Å². The third-order valence-electron chi connectivity index (χ3n) is 3.36. The zero-order valence-corrected chi connectivity index (χ0v) is 14.2. The zero-order chi connectivity index (χ0) is 17.2. The summed E-state index contributed by atoms with van der Waals surface area (Å²) in [7, 11) is 2.94. The van der Waals surface area contributed by atoms with E-state index in [1.54, 1.807) is 7.11 Å². The lowest BCUT2D eigenvalue weighted by atomic mass is 10.0. The first kappa shape index (κ1) is 18.8. The van der Waals surface area contributed by atoms with Crippen molar-refractivity contribution in [3.05, 3.63) is 29.8 Å². The van der Waals surface area contributed by atoms with Gasteiger partial charge in [-0.15, -0.1) is 0 Å². The van der Waals surface area contributed by atoms with E-state index in [4.69, 9.17) is 9.47 Å². The molecule has 1 unspecified atom stereocenters. The van der Waals surface area contributed by atoms with Gasteiger partial charge in [-0.2, -0.15) is 0 Å². The van der Waals surface area contributed by atoms with Gasteiger partial charge in [-0.3, -0.25) is 0 Å². The van der Waals surface area contributed by atoms with Crippen LogP contribution in [0.25, 0.3) is 0 Å². The molecule has 1 aromatic rings. The molecule has 0 aliphatic heterocycles. The maximum Gasteiger partial charge on any atom is 0.328 e. The lowest BCUT2D eigenvalue weighted by molar-refractivity contribution is -0.143. The van der Waals surface area contributed by atoms with Gasteiger partial charge in [0.15, 0.2) is 0 Å². The molecule has 0 spiro atoms. The minimum Gasteiger partial charge on any atom is -0.497 e. The lowest BCUT2D eigenvalue weighted by Gasteiger charge is -2.18. The fourth-order valence-electron chi connectivity index (χ4n) is 2.15. The van der Waals surface area contributed by atoms with E-state index in [-0.39, 0.29) is 11.9 Å². The van der Waals surface area contributed by atoms with Crippen molar-refractivity contribution in [1.29, 1.82) is 0 Å². The number of carbonyl (C=O) groups is 2. The van der Waals surface area contributed by atoms with E-state index >= 15 is 0 Å². The molecule has 0 heterocycles. The van der Waals surface area contributed by atoms with Crippen molar-refractivity contribution < 1.29 is 19.1 Å². The Labute approximate surface area is 137 Å². The summed E-state index contributed by atoms with van der Waals surface area (Å²) in [5.41, 5.74) is 1.10. The highest BCUT2D eigenvalue weighted by Crippen LogP contribution is 2.11. The van der Waals surface area contributed by atoms with E-state index < -0.39 is 12.0 Å². The van der Waals surface area contributed by atoms with Crippen LogP contribution in [0.4, 0.5) is 4.79 Å². The average molecular weight is 322 g/mol. The van der Waals surface area contributed by atoms with Gasteiger partial charge in [-0.05, 0) is 36.5 Å². The van der Waals surface area contributed by atoms with E-state index in [0.29, 0.717) is 19.4 Å². The standard InChI is InChI=1S/C17H26N2O4/c1-12(2)11-15(16(20)23-4)19-17(21)18-10-9-13-5-7-14(22-3)8-6-13/h5-8,12,15H,9-11H2,1-4H3,(H2,18,19,21). The molecule has 1 aromatic carbocycles. The number of carbonyl (C=O) groups excluding carboxylic acids is 2. The van der Waals surface area contributed by atoms with Gasteiger partial charge in [-0.25, -0.2) is 9.59 Å². The maximum atomic E-state index is 11.9. The quantitative estimate of drug-likeness (QED) is 0.719. The molecule has 2 amide bonds. The summed E-state index contributed by atoms with van der Waals surface area (Å²) >= 11 is 0. The summed E-state index contributed by atoms with van der Waals surface area (Å²) in [5, 5.41) is 5.41. The summed E-state index contributed by atoms with van der Waals surface area (Å²) in [5.74, 6) is 0.650. The Morgan fingerprint density at radius 1 is 1.13 bits per heavy atom. The number of nitrogens with one attached hydrogen (secondary N) is 2. The molecule has 6 heteroatoms. The fraction of sp³-hybridized carbons (Fsp3) is 0.529. The first-order chi connectivity index (χ1) is 11.0. The topological polar surface area (TPSA) is 76.7 Å². The molecule has 6 nitrogen and oxygen atoms in total. The largest absolute Gasteiger partial charge is 0.497 e. The molecule has 0 saturated carbocycles. The molecule has 0 aromatic heterocycles. The third-order valence-corrected chi connectivity index (χ3v) is 3.36. The number of methoxy groups -OCH3 is 2. The zero-order valence-electron chi connectivity index (χ0n) is 14.2. The first-order valence-corrected chi connectivity index (χ1v) is 7.71. The summed E-state index contributed by atoms with van der Waals surface area (Å²) in [6, 6.07) is 6.68. The molecule has 2 N–H and O–H groups in total. The van der Waals surface area contributed by atoms with Crippen molar-refractivity contribution in [2.45, 2.75) is 32.7 Å². The van der Waals surface area contributed by atoms with Crippen LogP contribution in [0.3, 0.4) is 0 Å². The minimum absolute atomic E-state index is 0.277. The number of ether oxygens (including phenoxy) is 2. The molecular formula is C17H26N2O4. The Bertz CT molecular complexity index is 500. The smallest absolute Gasteiger partial charge is 0.328 e. The number of hydrogen-bond acceptors (Lipinski definition) is 4. The van der Waals surface area contributed by atoms with Crippen LogP contribution >= 0.6 is 0 Å². The Kier molecular flexibility index (Phi) is 7.94. The molecule has 1 atom stereocenters. The fourth-order valence-corrected chi connectivity index (χ4v) is 2.15. The summed E-state index contributed by atoms with van der Waals surface area (Å²) in [4.78, 5) is 23.6. The van der Waals surface area contributed by atoms with Crippen LogP contribution in [0.15, 0.2) is 24.3 Å². The molecular weight excluding hydrogens is 296 g/mol. The van der Waals surface area contributed by atoms with Gasteiger partial charge in [0, 0.05) is 6.54 Å². The van der Waals surface area contributed by atoms with Crippen LogP contribution in [-0.2, 0) is 16.0 Å². The summed E-state index contributed by atoms with van der Waals surface area (Å²) in [6.45, 7) is 4.45. The number of esters is 1. The molecule has 23 heavy (non-hydrogen) atoms.